The number of benzene rings is 1. The molecule has 5 atom stereocenters. The highest BCUT2D eigenvalue weighted by atomic mass is 19.1. The van der Waals surface area contributed by atoms with Crippen LogP contribution in [0.5, 0.6) is 0 Å². The smallest absolute Gasteiger partial charge is 0.250 e. The van der Waals surface area contributed by atoms with Crippen molar-refractivity contribution in [2.75, 3.05) is 25.6 Å². The summed E-state index contributed by atoms with van der Waals surface area (Å²) >= 11 is 0. The van der Waals surface area contributed by atoms with Crippen LogP contribution in [0, 0.1) is 17.7 Å². The molecule has 0 unspecified atom stereocenters. The highest BCUT2D eigenvalue weighted by Gasteiger charge is 2.71. The van der Waals surface area contributed by atoms with Crippen LogP contribution in [0.15, 0.2) is 18.2 Å². The van der Waals surface area contributed by atoms with Gasteiger partial charge in [0.2, 0.25) is 17.7 Å². The molecule has 1 aromatic carbocycles. The van der Waals surface area contributed by atoms with Crippen molar-refractivity contribution in [3.05, 3.63) is 29.6 Å². The summed E-state index contributed by atoms with van der Waals surface area (Å²) in [7, 11) is 1.46. The lowest BCUT2D eigenvalue weighted by molar-refractivity contribution is -0.143. The summed E-state index contributed by atoms with van der Waals surface area (Å²) in [5.41, 5.74) is -0.937. The number of aliphatic hydroxyl groups excluding tert-OH is 1. The molecule has 2 fully saturated rings. The number of hydrogen-bond acceptors (Lipinski definition) is 6. The molecule has 0 aliphatic carbocycles. The monoisotopic (exact) mass is 377 g/mol. The Morgan fingerprint density at radius 2 is 2.07 bits per heavy atom. The van der Waals surface area contributed by atoms with Crippen LogP contribution in [0.1, 0.15) is 12.5 Å². The number of carbonyl (C=O) groups is 3. The number of likely N-dealkylation sites (tertiary alicyclic amines) is 1. The molecule has 3 amide bonds. The van der Waals surface area contributed by atoms with Crippen molar-refractivity contribution in [1.82, 2.24) is 10.2 Å². The first-order chi connectivity index (χ1) is 12.8. The van der Waals surface area contributed by atoms with E-state index in [1.165, 1.54) is 32.2 Å². The Hall–Kier alpha value is -2.36. The number of rotatable bonds is 4. The van der Waals surface area contributed by atoms with Crippen molar-refractivity contribution in [3.63, 3.8) is 0 Å². The number of halogens is 1. The number of imide groups is 1. The predicted molar refractivity (Wildman–Crippen MR) is 90.9 cm³/mol. The second-order valence-electron chi connectivity index (χ2n) is 7.19. The molecule has 3 heterocycles. The topological polar surface area (TPSA) is 108 Å². The number of fused-ring (bicyclic) bond motifs is 4. The fourth-order valence-electron chi connectivity index (χ4n) is 4.58. The first kappa shape index (κ1) is 18.0. The van der Waals surface area contributed by atoms with Gasteiger partial charge in [0.1, 0.15) is 11.4 Å². The summed E-state index contributed by atoms with van der Waals surface area (Å²) in [6.07, 6.45) is -0.999. The average molecular weight is 377 g/mol. The van der Waals surface area contributed by atoms with E-state index in [4.69, 9.17) is 4.74 Å². The van der Waals surface area contributed by atoms with E-state index < -0.39 is 53.1 Å². The maximum atomic E-state index is 13.9. The van der Waals surface area contributed by atoms with Crippen LogP contribution in [-0.2, 0) is 24.7 Å². The number of ether oxygens (including phenoxy) is 1. The van der Waals surface area contributed by atoms with E-state index in [0.717, 1.165) is 4.90 Å². The number of hydrogen-bond donors (Lipinski definition) is 3. The van der Waals surface area contributed by atoms with Crippen LogP contribution >= 0.6 is 0 Å². The first-order valence-electron chi connectivity index (χ1n) is 8.74. The van der Waals surface area contributed by atoms with Gasteiger partial charge in [-0.1, -0.05) is 0 Å². The Morgan fingerprint density at radius 3 is 2.74 bits per heavy atom. The quantitative estimate of drug-likeness (QED) is 0.615. The Labute approximate surface area is 154 Å². The Bertz CT molecular complexity index is 844. The van der Waals surface area contributed by atoms with Gasteiger partial charge < -0.3 is 15.2 Å². The highest BCUT2D eigenvalue weighted by molar-refractivity contribution is 6.15. The number of nitrogens with zero attached hydrogens (tertiary/aromatic N) is 1. The molecule has 1 aromatic rings. The van der Waals surface area contributed by atoms with Gasteiger partial charge in [-0.2, -0.15) is 0 Å². The summed E-state index contributed by atoms with van der Waals surface area (Å²) in [5, 5.41) is 15.9. The Kier molecular flexibility index (Phi) is 4.06. The van der Waals surface area contributed by atoms with E-state index in [1.54, 1.807) is 0 Å². The molecule has 3 aliphatic rings. The van der Waals surface area contributed by atoms with Crippen molar-refractivity contribution in [2.45, 2.75) is 24.6 Å². The zero-order valence-electron chi connectivity index (χ0n) is 14.9. The molecule has 1 spiro atoms. The molecule has 9 heteroatoms. The third-order valence-electron chi connectivity index (χ3n) is 5.74. The van der Waals surface area contributed by atoms with E-state index in [0.29, 0.717) is 5.69 Å². The van der Waals surface area contributed by atoms with E-state index in [2.05, 4.69) is 10.6 Å². The molecule has 2 saturated heterocycles. The Balaban J connectivity index is 1.86. The van der Waals surface area contributed by atoms with Crippen molar-refractivity contribution >= 4 is 23.4 Å². The third-order valence-corrected chi connectivity index (χ3v) is 5.74. The first-order valence-corrected chi connectivity index (χ1v) is 8.74. The number of amides is 3. The molecular formula is C18H20FN3O5. The Morgan fingerprint density at radius 1 is 1.33 bits per heavy atom. The summed E-state index contributed by atoms with van der Waals surface area (Å²) in [5.74, 6) is -4.06. The maximum Gasteiger partial charge on any atom is 0.250 e. The SMILES string of the molecule is COCCN1C(=O)[C@@H]2[C@H]([C@H](C)O)N[C@]3(C(=O)Nc4ccc(F)cc43)[C@@H]2C1=O. The lowest BCUT2D eigenvalue weighted by atomic mass is 9.76. The van der Waals surface area contributed by atoms with Crippen LogP contribution in [0.25, 0.3) is 0 Å². The van der Waals surface area contributed by atoms with Crippen molar-refractivity contribution in [2.24, 2.45) is 11.8 Å². The van der Waals surface area contributed by atoms with Gasteiger partial charge in [0, 0.05) is 24.4 Å². The average Bonchev–Trinajstić information content (AvgIpc) is 3.20. The molecule has 4 rings (SSSR count). The minimum Gasteiger partial charge on any atom is -0.392 e. The molecule has 3 N–H and O–H groups in total. The molecule has 0 saturated carbocycles. The molecule has 27 heavy (non-hydrogen) atoms. The van der Waals surface area contributed by atoms with Gasteiger partial charge in [-0.3, -0.25) is 24.6 Å². The van der Waals surface area contributed by atoms with Crippen LogP contribution in [-0.4, -0.2) is 60.1 Å². The van der Waals surface area contributed by atoms with Crippen LogP contribution in [0.2, 0.25) is 0 Å². The lowest BCUT2D eigenvalue weighted by Gasteiger charge is -2.30. The van der Waals surface area contributed by atoms with E-state index in [9.17, 15) is 23.9 Å². The molecule has 3 aliphatic heterocycles. The van der Waals surface area contributed by atoms with Gasteiger partial charge in [-0.15, -0.1) is 0 Å². The second kappa shape index (κ2) is 6.08. The van der Waals surface area contributed by atoms with E-state index in [-0.39, 0.29) is 18.7 Å². The zero-order valence-corrected chi connectivity index (χ0v) is 14.9. The van der Waals surface area contributed by atoms with Gasteiger partial charge in [-0.25, -0.2) is 4.39 Å². The molecule has 0 radical (unpaired) electrons. The predicted octanol–water partition coefficient (Wildman–Crippen LogP) is -0.427. The zero-order chi connectivity index (χ0) is 19.5. The molecule has 0 aromatic heterocycles. The summed E-state index contributed by atoms with van der Waals surface area (Å²) in [6, 6.07) is 3.01. The largest absolute Gasteiger partial charge is 0.392 e. The van der Waals surface area contributed by atoms with Gasteiger partial charge in [0.25, 0.3) is 0 Å². The highest BCUT2D eigenvalue weighted by Crippen LogP contribution is 2.53. The molecular weight excluding hydrogens is 357 g/mol. The van der Waals surface area contributed by atoms with Gasteiger partial charge in [0.05, 0.1) is 31.1 Å². The van der Waals surface area contributed by atoms with Crippen LogP contribution in [0.3, 0.4) is 0 Å². The fraction of sp³-hybridized carbons (Fsp3) is 0.500. The van der Waals surface area contributed by atoms with Crippen molar-refractivity contribution in [1.29, 1.82) is 0 Å². The fourth-order valence-corrected chi connectivity index (χ4v) is 4.58. The summed E-state index contributed by atoms with van der Waals surface area (Å²) in [4.78, 5) is 40.1. The van der Waals surface area contributed by atoms with E-state index in [1.807, 2.05) is 0 Å². The second-order valence-corrected chi connectivity index (χ2v) is 7.19. The minimum atomic E-state index is -1.60. The molecule has 8 nitrogen and oxygen atoms in total. The number of carbonyl (C=O) groups excluding carboxylic acids is 3. The molecule has 0 bridgehead atoms. The summed E-state index contributed by atoms with van der Waals surface area (Å²) < 4.78 is 18.9. The number of aliphatic hydroxyl groups is 1. The summed E-state index contributed by atoms with van der Waals surface area (Å²) in [6.45, 7) is 1.71. The number of nitrogens with one attached hydrogen (secondary N) is 2. The van der Waals surface area contributed by atoms with Crippen molar-refractivity contribution in [3.8, 4) is 0 Å². The number of anilines is 1. The maximum absolute atomic E-state index is 13.9. The van der Waals surface area contributed by atoms with E-state index >= 15 is 0 Å². The standard InChI is InChI=1S/C18H20FN3O5/c1-8(23)14-12-13(16(25)22(15(12)24)5-6-27-2)18(21-14)10-7-9(19)3-4-11(10)20-17(18)26/h3-4,7-8,12-14,21,23H,5-6H2,1-2H3,(H,20,26)/t8-,12-,13-,14-,18-/m0/s1. The third kappa shape index (κ3) is 2.28. The molecule has 144 valence electrons. The van der Waals surface area contributed by atoms with Crippen LogP contribution in [0.4, 0.5) is 10.1 Å². The minimum absolute atomic E-state index is 0.0569. The van der Waals surface area contributed by atoms with Gasteiger partial charge >= 0.3 is 0 Å². The van der Waals surface area contributed by atoms with Gasteiger partial charge in [0.15, 0.2) is 0 Å². The van der Waals surface area contributed by atoms with Crippen LogP contribution < -0.4 is 10.6 Å². The normalized spacial score (nSPS) is 32.8. The number of methoxy groups -OCH3 is 1. The lowest BCUT2D eigenvalue weighted by Crippen LogP contribution is -2.55. The van der Waals surface area contributed by atoms with Crippen molar-refractivity contribution < 1.29 is 28.6 Å². The van der Waals surface area contributed by atoms with Gasteiger partial charge in [-0.05, 0) is 25.1 Å².